The highest BCUT2D eigenvalue weighted by molar-refractivity contribution is 5.88. The van der Waals surface area contributed by atoms with Gasteiger partial charge >= 0.3 is 0 Å². The summed E-state index contributed by atoms with van der Waals surface area (Å²) in [6, 6.07) is 5.85. The third-order valence-corrected chi connectivity index (χ3v) is 5.44. The van der Waals surface area contributed by atoms with E-state index in [1.807, 2.05) is 6.20 Å². The van der Waals surface area contributed by atoms with E-state index >= 15 is 0 Å². The van der Waals surface area contributed by atoms with E-state index < -0.39 is 6.04 Å². The Morgan fingerprint density at radius 2 is 2.00 bits per heavy atom. The standard InChI is InChI=1S/C21H29N3O2/c1-3-15-9-6-10-18-17(13-23-19(15)18)11-12-22-20(25)14(2)24-21(26)16-7-4-5-8-16/h6,9-10,13-14,16,23H,3-5,7-8,11-12H2,1-2H3,(H,22,25)(H,24,26). The Morgan fingerprint density at radius 3 is 2.73 bits per heavy atom. The first-order valence-electron chi connectivity index (χ1n) is 9.76. The Bertz CT molecular complexity index is 775. The van der Waals surface area contributed by atoms with E-state index in [2.05, 4.69) is 40.7 Å². The monoisotopic (exact) mass is 355 g/mol. The van der Waals surface area contributed by atoms with Gasteiger partial charge in [-0.15, -0.1) is 0 Å². The van der Waals surface area contributed by atoms with Gasteiger partial charge in [0.05, 0.1) is 0 Å². The van der Waals surface area contributed by atoms with Crippen molar-refractivity contribution >= 4 is 22.7 Å². The Labute approximate surface area is 154 Å². The minimum atomic E-state index is -0.488. The Morgan fingerprint density at radius 1 is 1.23 bits per heavy atom. The van der Waals surface area contributed by atoms with Crippen LogP contribution in [0, 0.1) is 5.92 Å². The molecule has 1 aromatic heterocycles. The van der Waals surface area contributed by atoms with Gasteiger partial charge < -0.3 is 15.6 Å². The van der Waals surface area contributed by atoms with Crippen molar-refractivity contribution in [3.63, 3.8) is 0 Å². The van der Waals surface area contributed by atoms with E-state index in [-0.39, 0.29) is 17.7 Å². The molecule has 1 unspecified atom stereocenters. The second-order valence-corrected chi connectivity index (χ2v) is 7.26. The number of aromatic amines is 1. The fraction of sp³-hybridized carbons (Fsp3) is 0.524. The van der Waals surface area contributed by atoms with Crippen molar-refractivity contribution in [2.24, 2.45) is 5.92 Å². The zero-order chi connectivity index (χ0) is 18.5. The first-order valence-corrected chi connectivity index (χ1v) is 9.76. The highest BCUT2D eigenvalue weighted by atomic mass is 16.2. The normalized spacial score (nSPS) is 15.9. The predicted octanol–water partition coefficient (Wildman–Crippen LogP) is 3.08. The summed E-state index contributed by atoms with van der Waals surface area (Å²) >= 11 is 0. The number of hydrogen-bond donors (Lipinski definition) is 3. The second-order valence-electron chi connectivity index (χ2n) is 7.26. The maximum absolute atomic E-state index is 12.3. The van der Waals surface area contributed by atoms with Crippen LogP contribution in [0.15, 0.2) is 24.4 Å². The molecule has 0 spiro atoms. The number of hydrogen-bond acceptors (Lipinski definition) is 2. The molecule has 1 aliphatic rings. The largest absolute Gasteiger partial charge is 0.361 e. The molecule has 2 amide bonds. The van der Waals surface area contributed by atoms with Crippen molar-refractivity contribution in [1.29, 1.82) is 0 Å². The average molecular weight is 355 g/mol. The Hall–Kier alpha value is -2.30. The van der Waals surface area contributed by atoms with Crippen molar-refractivity contribution in [2.45, 2.75) is 58.4 Å². The number of carbonyl (C=O) groups excluding carboxylic acids is 2. The molecule has 2 aromatic rings. The van der Waals surface area contributed by atoms with Gasteiger partial charge in [0.2, 0.25) is 11.8 Å². The van der Waals surface area contributed by atoms with E-state index in [9.17, 15) is 9.59 Å². The average Bonchev–Trinajstić information content (AvgIpc) is 3.31. The fourth-order valence-corrected chi connectivity index (χ4v) is 3.83. The quantitative estimate of drug-likeness (QED) is 0.714. The SMILES string of the molecule is CCc1cccc2c(CCNC(=O)C(C)NC(=O)C3CCCC3)c[nH]c12. The van der Waals surface area contributed by atoms with Crippen LogP contribution in [-0.2, 0) is 22.4 Å². The molecule has 5 heteroatoms. The summed E-state index contributed by atoms with van der Waals surface area (Å²) in [4.78, 5) is 27.7. The molecule has 140 valence electrons. The third-order valence-electron chi connectivity index (χ3n) is 5.44. The van der Waals surface area contributed by atoms with E-state index in [1.165, 1.54) is 22.0 Å². The first kappa shape index (κ1) is 18.5. The lowest BCUT2D eigenvalue weighted by Gasteiger charge is -2.16. The summed E-state index contributed by atoms with van der Waals surface area (Å²) in [5.41, 5.74) is 3.70. The lowest BCUT2D eigenvalue weighted by Crippen LogP contribution is -2.46. The number of fused-ring (bicyclic) bond motifs is 1. The first-order chi connectivity index (χ1) is 12.6. The second kappa shape index (κ2) is 8.39. The van der Waals surface area contributed by atoms with Crippen LogP contribution in [0.5, 0.6) is 0 Å². The van der Waals surface area contributed by atoms with Crippen LogP contribution in [0.1, 0.15) is 50.7 Å². The highest BCUT2D eigenvalue weighted by Gasteiger charge is 2.25. The summed E-state index contributed by atoms with van der Waals surface area (Å²) in [5.74, 6) is -0.0106. The smallest absolute Gasteiger partial charge is 0.242 e. The summed E-state index contributed by atoms with van der Waals surface area (Å²) in [6.07, 6.45) is 7.91. The fourth-order valence-electron chi connectivity index (χ4n) is 3.83. The molecule has 0 aliphatic heterocycles. The molecule has 3 rings (SSSR count). The number of carbonyl (C=O) groups is 2. The molecule has 1 atom stereocenters. The minimum absolute atomic E-state index is 0.0221. The maximum Gasteiger partial charge on any atom is 0.242 e. The summed E-state index contributed by atoms with van der Waals surface area (Å²) in [5, 5.41) is 7.02. The Kier molecular flexibility index (Phi) is 5.96. The van der Waals surface area contributed by atoms with Gasteiger partial charge in [0.1, 0.15) is 6.04 Å². The van der Waals surface area contributed by atoms with E-state index in [0.717, 1.165) is 38.5 Å². The molecule has 0 bridgehead atoms. The van der Waals surface area contributed by atoms with Crippen LogP contribution in [0.3, 0.4) is 0 Å². The lowest BCUT2D eigenvalue weighted by atomic mass is 10.1. The van der Waals surface area contributed by atoms with Crippen molar-refractivity contribution in [3.8, 4) is 0 Å². The van der Waals surface area contributed by atoms with Gasteiger partial charge in [-0.25, -0.2) is 0 Å². The summed E-state index contributed by atoms with van der Waals surface area (Å²) in [6.45, 7) is 4.46. The lowest BCUT2D eigenvalue weighted by molar-refractivity contribution is -0.130. The molecule has 0 radical (unpaired) electrons. The number of rotatable bonds is 7. The molecule has 1 aliphatic carbocycles. The number of benzene rings is 1. The number of aryl methyl sites for hydroxylation is 1. The Balaban J connectivity index is 1.49. The topological polar surface area (TPSA) is 74.0 Å². The molecular formula is C21H29N3O2. The number of nitrogens with one attached hydrogen (secondary N) is 3. The van der Waals surface area contributed by atoms with Gasteiger partial charge in [-0.05, 0) is 43.7 Å². The predicted molar refractivity (Wildman–Crippen MR) is 104 cm³/mol. The highest BCUT2D eigenvalue weighted by Crippen LogP contribution is 2.25. The van der Waals surface area contributed by atoms with Gasteiger partial charge in [0.25, 0.3) is 0 Å². The van der Waals surface area contributed by atoms with Crippen LogP contribution >= 0.6 is 0 Å². The molecule has 5 nitrogen and oxygen atoms in total. The molecule has 1 saturated carbocycles. The number of H-pyrrole nitrogens is 1. The van der Waals surface area contributed by atoms with Crippen LogP contribution in [0.25, 0.3) is 10.9 Å². The van der Waals surface area contributed by atoms with Crippen molar-refractivity contribution in [2.75, 3.05) is 6.54 Å². The third kappa shape index (κ3) is 4.09. The van der Waals surface area contributed by atoms with Gasteiger partial charge in [-0.3, -0.25) is 9.59 Å². The molecule has 26 heavy (non-hydrogen) atoms. The van der Waals surface area contributed by atoms with Crippen LogP contribution < -0.4 is 10.6 Å². The zero-order valence-corrected chi connectivity index (χ0v) is 15.7. The number of amides is 2. The van der Waals surface area contributed by atoms with Crippen LogP contribution in [-0.4, -0.2) is 29.4 Å². The van der Waals surface area contributed by atoms with Gasteiger partial charge in [-0.2, -0.15) is 0 Å². The van der Waals surface area contributed by atoms with E-state index in [4.69, 9.17) is 0 Å². The molecule has 1 aromatic carbocycles. The summed E-state index contributed by atoms with van der Waals surface area (Å²) in [7, 11) is 0. The molecule has 1 fully saturated rings. The van der Waals surface area contributed by atoms with Crippen LogP contribution in [0.2, 0.25) is 0 Å². The van der Waals surface area contributed by atoms with Crippen molar-refractivity contribution in [3.05, 3.63) is 35.5 Å². The van der Waals surface area contributed by atoms with E-state index in [0.29, 0.717) is 6.54 Å². The number of aromatic nitrogens is 1. The van der Waals surface area contributed by atoms with Gasteiger partial charge in [0, 0.05) is 29.6 Å². The molecular weight excluding hydrogens is 326 g/mol. The summed E-state index contributed by atoms with van der Waals surface area (Å²) < 4.78 is 0. The zero-order valence-electron chi connectivity index (χ0n) is 15.7. The molecule has 3 N–H and O–H groups in total. The molecule has 0 saturated heterocycles. The molecule has 1 heterocycles. The van der Waals surface area contributed by atoms with Crippen LogP contribution in [0.4, 0.5) is 0 Å². The van der Waals surface area contributed by atoms with Gasteiger partial charge in [0.15, 0.2) is 0 Å². The minimum Gasteiger partial charge on any atom is -0.361 e. The number of para-hydroxylation sites is 1. The van der Waals surface area contributed by atoms with E-state index in [1.54, 1.807) is 6.92 Å². The maximum atomic E-state index is 12.3. The van der Waals surface area contributed by atoms with Crippen molar-refractivity contribution < 1.29 is 9.59 Å². The van der Waals surface area contributed by atoms with Gasteiger partial charge in [-0.1, -0.05) is 38.0 Å². The van der Waals surface area contributed by atoms with Crippen molar-refractivity contribution in [1.82, 2.24) is 15.6 Å².